The first-order valence-corrected chi connectivity index (χ1v) is 10.5. The summed E-state index contributed by atoms with van der Waals surface area (Å²) in [7, 11) is 3.09. The zero-order valence-electron chi connectivity index (χ0n) is 18.5. The summed E-state index contributed by atoms with van der Waals surface area (Å²) in [6.07, 6.45) is 0. The average Bonchev–Trinajstić information content (AvgIpc) is 2.85. The normalized spacial score (nSPS) is 10.6. The van der Waals surface area contributed by atoms with Crippen LogP contribution in [0, 0.1) is 0 Å². The van der Waals surface area contributed by atoms with Crippen LogP contribution in [-0.2, 0) is 17.9 Å². The van der Waals surface area contributed by atoms with Crippen molar-refractivity contribution in [3.8, 4) is 11.5 Å². The van der Waals surface area contributed by atoms with E-state index in [9.17, 15) is 9.59 Å². The van der Waals surface area contributed by atoms with Gasteiger partial charge in [0.05, 0.1) is 19.7 Å². The van der Waals surface area contributed by atoms with Gasteiger partial charge in [-0.15, -0.1) is 0 Å². The summed E-state index contributed by atoms with van der Waals surface area (Å²) in [5.41, 5.74) is 2.44. The summed E-state index contributed by atoms with van der Waals surface area (Å²) < 4.78 is 12.3. The molecule has 1 aromatic heterocycles. The van der Waals surface area contributed by atoms with Crippen LogP contribution in [0.2, 0.25) is 0 Å². The first-order valence-electron chi connectivity index (χ1n) is 10.5. The summed E-state index contributed by atoms with van der Waals surface area (Å²) in [4.78, 5) is 26.2. The summed E-state index contributed by atoms with van der Waals surface area (Å²) in [5.74, 6) is 0.732. The van der Waals surface area contributed by atoms with Gasteiger partial charge in [-0.25, -0.2) is 0 Å². The van der Waals surface area contributed by atoms with E-state index in [2.05, 4.69) is 10.6 Å². The molecule has 0 aliphatic carbocycles. The fourth-order valence-electron chi connectivity index (χ4n) is 3.67. The van der Waals surface area contributed by atoms with Crippen LogP contribution in [-0.4, -0.2) is 24.7 Å². The topological polar surface area (TPSA) is 81.6 Å². The van der Waals surface area contributed by atoms with Gasteiger partial charge in [0, 0.05) is 34.9 Å². The molecule has 0 radical (unpaired) electrons. The zero-order chi connectivity index (χ0) is 23.2. The molecule has 1 heterocycles. The minimum Gasteiger partial charge on any atom is -0.493 e. The van der Waals surface area contributed by atoms with E-state index < -0.39 is 0 Å². The van der Waals surface area contributed by atoms with Crippen molar-refractivity contribution in [1.29, 1.82) is 0 Å². The summed E-state index contributed by atoms with van der Waals surface area (Å²) in [6, 6.07) is 24.1. The molecule has 4 aromatic rings. The van der Waals surface area contributed by atoms with Crippen LogP contribution < -0.4 is 25.7 Å². The number of amides is 1. The standard InChI is InChI=1S/C26H25N3O4/c1-32-23-14-18-13-19(16-27-20-9-5-3-6-10-20)26(31)29(22(18)15-24(23)33-2)17-25(30)28-21-11-7-4-8-12-21/h3-15,27H,16-17H2,1-2H3,(H,28,30). The molecular weight excluding hydrogens is 418 g/mol. The highest BCUT2D eigenvalue weighted by molar-refractivity contribution is 5.92. The van der Waals surface area contributed by atoms with E-state index in [1.54, 1.807) is 25.3 Å². The van der Waals surface area contributed by atoms with Gasteiger partial charge in [0.15, 0.2) is 11.5 Å². The smallest absolute Gasteiger partial charge is 0.256 e. The number of pyridine rings is 1. The Morgan fingerprint density at radius 2 is 1.45 bits per heavy atom. The number of hydrogen-bond acceptors (Lipinski definition) is 5. The average molecular weight is 444 g/mol. The number of nitrogens with one attached hydrogen (secondary N) is 2. The number of benzene rings is 3. The van der Waals surface area contributed by atoms with Gasteiger partial charge in [-0.3, -0.25) is 14.2 Å². The number of carbonyl (C=O) groups excluding carboxylic acids is 1. The Hall–Kier alpha value is -4.26. The van der Waals surface area contributed by atoms with Gasteiger partial charge in [-0.2, -0.15) is 0 Å². The highest BCUT2D eigenvalue weighted by Gasteiger charge is 2.16. The lowest BCUT2D eigenvalue weighted by Crippen LogP contribution is -2.30. The van der Waals surface area contributed by atoms with Crippen LogP contribution >= 0.6 is 0 Å². The molecule has 4 rings (SSSR count). The number of ether oxygens (including phenoxy) is 2. The number of para-hydroxylation sites is 2. The number of methoxy groups -OCH3 is 2. The second kappa shape index (κ2) is 9.91. The van der Waals surface area contributed by atoms with Gasteiger partial charge in [-0.1, -0.05) is 36.4 Å². The molecule has 0 saturated heterocycles. The first-order chi connectivity index (χ1) is 16.1. The molecular formula is C26H25N3O4. The fourth-order valence-corrected chi connectivity index (χ4v) is 3.67. The van der Waals surface area contributed by atoms with Crippen LogP contribution in [0.5, 0.6) is 11.5 Å². The van der Waals surface area contributed by atoms with Crippen molar-refractivity contribution in [1.82, 2.24) is 4.57 Å². The number of anilines is 2. The summed E-state index contributed by atoms with van der Waals surface area (Å²) >= 11 is 0. The maximum atomic E-state index is 13.4. The molecule has 0 aliphatic heterocycles. The number of hydrogen-bond donors (Lipinski definition) is 2. The summed E-state index contributed by atoms with van der Waals surface area (Å²) in [6.45, 7) is 0.173. The maximum Gasteiger partial charge on any atom is 0.256 e. The van der Waals surface area contributed by atoms with E-state index in [-0.39, 0.29) is 18.0 Å². The third-order valence-corrected chi connectivity index (χ3v) is 5.29. The van der Waals surface area contributed by atoms with Gasteiger partial charge < -0.3 is 20.1 Å². The van der Waals surface area contributed by atoms with Crippen LogP contribution in [0.4, 0.5) is 11.4 Å². The van der Waals surface area contributed by atoms with Crippen molar-refractivity contribution in [2.24, 2.45) is 0 Å². The third kappa shape index (κ3) is 4.98. The van der Waals surface area contributed by atoms with Crippen LogP contribution in [0.15, 0.2) is 83.7 Å². The van der Waals surface area contributed by atoms with Gasteiger partial charge in [0.1, 0.15) is 6.54 Å². The number of fused-ring (bicyclic) bond motifs is 1. The molecule has 0 spiro atoms. The number of carbonyl (C=O) groups is 1. The van der Waals surface area contributed by atoms with Crippen molar-refractivity contribution >= 4 is 28.2 Å². The Morgan fingerprint density at radius 1 is 0.848 bits per heavy atom. The first kappa shape index (κ1) is 22.0. The maximum absolute atomic E-state index is 13.4. The van der Waals surface area contributed by atoms with Crippen molar-refractivity contribution in [3.63, 3.8) is 0 Å². The monoisotopic (exact) mass is 443 g/mol. The molecule has 0 fully saturated rings. The minimum atomic E-state index is -0.299. The molecule has 0 bridgehead atoms. The quantitative estimate of drug-likeness (QED) is 0.425. The highest BCUT2D eigenvalue weighted by Crippen LogP contribution is 2.32. The predicted molar refractivity (Wildman–Crippen MR) is 130 cm³/mol. The molecule has 33 heavy (non-hydrogen) atoms. The van der Waals surface area contributed by atoms with Crippen molar-refractivity contribution in [2.45, 2.75) is 13.1 Å². The number of rotatable bonds is 8. The van der Waals surface area contributed by atoms with Gasteiger partial charge >= 0.3 is 0 Å². The Morgan fingerprint density at radius 3 is 2.09 bits per heavy atom. The molecule has 1 amide bonds. The van der Waals surface area contributed by atoms with Crippen LogP contribution in [0.1, 0.15) is 5.56 Å². The van der Waals surface area contributed by atoms with Gasteiger partial charge in [0.2, 0.25) is 5.91 Å². The molecule has 7 nitrogen and oxygen atoms in total. The highest BCUT2D eigenvalue weighted by atomic mass is 16.5. The number of nitrogens with zero attached hydrogens (tertiary/aromatic N) is 1. The Balaban J connectivity index is 1.74. The van der Waals surface area contributed by atoms with Crippen molar-refractivity contribution in [3.05, 3.63) is 94.8 Å². The predicted octanol–water partition coefficient (Wildman–Crippen LogP) is 4.27. The molecule has 0 saturated carbocycles. The summed E-state index contributed by atoms with van der Waals surface area (Å²) in [5, 5.41) is 6.88. The molecule has 3 aromatic carbocycles. The van der Waals surface area contributed by atoms with E-state index in [1.165, 1.54) is 11.7 Å². The van der Waals surface area contributed by atoms with E-state index in [0.29, 0.717) is 34.8 Å². The number of aromatic nitrogens is 1. The van der Waals surface area contributed by atoms with Crippen molar-refractivity contribution < 1.29 is 14.3 Å². The molecule has 168 valence electrons. The molecule has 7 heteroatoms. The Bertz CT molecular complexity index is 1320. The Labute approximate surface area is 191 Å². The van der Waals surface area contributed by atoms with Crippen LogP contribution in [0.3, 0.4) is 0 Å². The lowest BCUT2D eigenvalue weighted by molar-refractivity contribution is -0.116. The zero-order valence-corrected chi connectivity index (χ0v) is 18.5. The molecule has 2 N–H and O–H groups in total. The minimum absolute atomic E-state index is 0.140. The van der Waals surface area contributed by atoms with Crippen molar-refractivity contribution in [2.75, 3.05) is 24.9 Å². The molecule has 0 aliphatic rings. The van der Waals surface area contributed by atoms with E-state index in [4.69, 9.17) is 9.47 Å². The van der Waals surface area contributed by atoms with Crippen LogP contribution in [0.25, 0.3) is 10.9 Å². The van der Waals surface area contributed by atoms with Gasteiger partial charge in [0.25, 0.3) is 5.56 Å². The second-order valence-corrected chi connectivity index (χ2v) is 7.46. The Kier molecular flexibility index (Phi) is 6.59. The van der Waals surface area contributed by atoms with Gasteiger partial charge in [-0.05, 0) is 36.4 Å². The SMILES string of the molecule is COc1cc2cc(CNc3ccccc3)c(=O)n(CC(=O)Nc3ccccc3)c2cc1OC. The van der Waals surface area contributed by atoms with E-state index in [1.807, 2.05) is 60.7 Å². The molecule has 0 unspecified atom stereocenters. The molecule has 0 atom stereocenters. The fraction of sp³-hybridized carbons (Fsp3) is 0.154. The lowest BCUT2D eigenvalue weighted by Gasteiger charge is -2.16. The van der Waals surface area contributed by atoms with E-state index >= 15 is 0 Å². The lowest BCUT2D eigenvalue weighted by atomic mass is 10.1. The second-order valence-electron chi connectivity index (χ2n) is 7.46. The largest absolute Gasteiger partial charge is 0.493 e. The third-order valence-electron chi connectivity index (χ3n) is 5.29. The van der Waals surface area contributed by atoms with E-state index in [0.717, 1.165) is 11.1 Å².